The van der Waals surface area contributed by atoms with E-state index in [-0.39, 0.29) is 28.4 Å². The van der Waals surface area contributed by atoms with Gasteiger partial charge in [0, 0.05) is 19.0 Å². The fraction of sp³-hybridized carbons (Fsp3) is 0.533. The molecule has 1 amide bonds. The maximum Gasteiger partial charge on any atom is 0.238 e. The van der Waals surface area contributed by atoms with Gasteiger partial charge >= 0.3 is 0 Å². The van der Waals surface area contributed by atoms with Crippen LogP contribution in [0, 0.1) is 0 Å². The van der Waals surface area contributed by atoms with Crippen LogP contribution in [0.15, 0.2) is 29.2 Å². The topological polar surface area (TPSA) is 115 Å². The average Bonchev–Trinajstić information content (AvgIpc) is 2.86. The number of amides is 1. The summed E-state index contributed by atoms with van der Waals surface area (Å²) in [5, 5.41) is 5.06. The Hall–Kier alpha value is -1.45. The number of nitrogens with two attached hydrogens (primary N) is 1. The number of hydrogen-bond donors (Lipinski definition) is 1. The molecule has 1 heterocycles. The first-order valence-electron chi connectivity index (χ1n) is 7.74. The second kappa shape index (κ2) is 7.20. The van der Waals surface area contributed by atoms with Crippen LogP contribution >= 0.6 is 0 Å². The summed E-state index contributed by atoms with van der Waals surface area (Å²) in [5.41, 5.74) is 0.858. The number of hydrogen-bond acceptors (Lipinski definition) is 5. The molecule has 7 nitrogen and oxygen atoms in total. The smallest absolute Gasteiger partial charge is 0.238 e. The first-order chi connectivity index (χ1) is 11.1. The summed E-state index contributed by atoms with van der Waals surface area (Å²) < 4.78 is 45.8. The summed E-state index contributed by atoms with van der Waals surface area (Å²) in [6.07, 6.45) is 1.31. The quantitative estimate of drug-likeness (QED) is 0.769. The molecule has 0 aromatic heterocycles. The third-order valence-corrected chi connectivity index (χ3v) is 6.84. The Balaban J connectivity index is 2.07. The molecule has 1 fully saturated rings. The molecule has 1 atom stereocenters. The highest BCUT2D eigenvalue weighted by Crippen LogP contribution is 2.19. The molecule has 134 valence electrons. The van der Waals surface area contributed by atoms with Crippen molar-refractivity contribution in [1.82, 2.24) is 4.90 Å². The fourth-order valence-electron chi connectivity index (χ4n) is 2.83. The highest BCUT2D eigenvalue weighted by atomic mass is 32.2. The van der Waals surface area contributed by atoms with Crippen LogP contribution in [0.1, 0.15) is 25.3 Å². The Morgan fingerprint density at radius 3 is 2.38 bits per heavy atom. The standard InChI is InChI=1S/C15H22N2O5S2/c1-2-15(18)17(13-8-10-23(19,20)11-13)9-7-12-3-5-14(6-4-12)24(16,21)22/h3-6,13H,2,7-11H2,1H3,(H2,16,21,22). The predicted octanol–water partition coefficient (Wildman–Crippen LogP) is 0.302. The van der Waals surface area contributed by atoms with Gasteiger partial charge in [0.05, 0.1) is 16.4 Å². The second-order valence-electron chi connectivity index (χ2n) is 5.94. The summed E-state index contributed by atoms with van der Waals surface area (Å²) in [6.45, 7) is 2.15. The SMILES string of the molecule is CCC(=O)N(CCc1ccc(S(N)(=O)=O)cc1)C1CCS(=O)(=O)C1. The number of primary sulfonamides is 1. The average molecular weight is 374 g/mol. The molecule has 0 spiro atoms. The van der Waals surface area contributed by atoms with Crippen LogP contribution in [0.5, 0.6) is 0 Å². The normalized spacial score (nSPS) is 20.0. The van der Waals surface area contributed by atoms with Crippen LogP contribution in [0.2, 0.25) is 0 Å². The number of sulfonamides is 1. The molecule has 2 N–H and O–H groups in total. The number of carbonyl (C=O) groups is 1. The third kappa shape index (κ3) is 4.78. The van der Waals surface area contributed by atoms with Crippen LogP contribution in [-0.4, -0.2) is 51.7 Å². The van der Waals surface area contributed by atoms with Gasteiger partial charge in [-0.05, 0) is 30.5 Å². The van der Waals surface area contributed by atoms with Crippen LogP contribution in [-0.2, 0) is 31.1 Å². The number of rotatable bonds is 6. The molecule has 9 heteroatoms. The van der Waals surface area contributed by atoms with Gasteiger partial charge in [0.15, 0.2) is 9.84 Å². The van der Waals surface area contributed by atoms with Gasteiger partial charge in [0.25, 0.3) is 0 Å². The lowest BCUT2D eigenvalue weighted by atomic mass is 10.1. The van der Waals surface area contributed by atoms with Gasteiger partial charge in [-0.25, -0.2) is 22.0 Å². The zero-order chi connectivity index (χ0) is 18.0. The third-order valence-electron chi connectivity index (χ3n) is 4.17. The second-order valence-corrected chi connectivity index (χ2v) is 9.73. The van der Waals surface area contributed by atoms with Crippen LogP contribution in [0.3, 0.4) is 0 Å². The van der Waals surface area contributed by atoms with E-state index in [4.69, 9.17) is 5.14 Å². The first-order valence-corrected chi connectivity index (χ1v) is 11.1. The van der Waals surface area contributed by atoms with E-state index in [1.54, 1.807) is 24.0 Å². The Morgan fingerprint density at radius 2 is 1.92 bits per heavy atom. The first kappa shape index (κ1) is 18.9. The van der Waals surface area contributed by atoms with E-state index in [2.05, 4.69) is 0 Å². The Bertz CT molecular complexity index is 801. The molecular weight excluding hydrogens is 352 g/mol. The van der Waals surface area contributed by atoms with Gasteiger partial charge in [-0.15, -0.1) is 0 Å². The van der Waals surface area contributed by atoms with Crippen molar-refractivity contribution in [1.29, 1.82) is 0 Å². The summed E-state index contributed by atoms with van der Waals surface area (Å²) >= 11 is 0. The minimum atomic E-state index is -3.73. The largest absolute Gasteiger partial charge is 0.338 e. The van der Waals surface area contributed by atoms with E-state index in [1.807, 2.05) is 0 Å². The Kier molecular flexibility index (Phi) is 5.67. The summed E-state index contributed by atoms with van der Waals surface area (Å²) in [4.78, 5) is 13.8. The molecule has 24 heavy (non-hydrogen) atoms. The Labute approximate surface area is 142 Å². The lowest BCUT2D eigenvalue weighted by molar-refractivity contribution is -0.132. The summed E-state index contributed by atoms with van der Waals surface area (Å²) in [6, 6.07) is 5.89. The molecule has 0 saturated carbocycles. The molecule has 1 aliphatic rings. The number of benzene rings is 1. The van der Waals surface area contributed by atoms with E-state index in [0.717, 1.165) is 5.56 Å². The molecule has 0 bridgehead atoms. The highest BCUT2D eigenvalue weighted by Gasteiger charge is 2.33. The van der Waals surface area contributed by atoms with E-state index >= 15 is 0 Å². The van der Waals surface area contributed by atoms with E-state index < -0.39 is 19.9 Å². The molecule has 0 aliphatic carbocycles. The molecule has 1 aliphatic heterocycles. The van der Waals surface area contributed by atoms with Crippen molar-refractivity contribution in [2.75, 3.05) is 18.1 Å². The van der Waals surface area contributed by atoms with E-state index in [1.165, 1.54) is 12.1 Å². The van der Waals surface area contributed by atoms with Crippen molar-refractivity contribution >= 4 is 25.8 Å². The number of nitrogens with zero attached hydrogens (tertiary/aromatic N) is 1. The molecule has 1 aromatic carbocycles. The Morgan fingerprint density at radius 1 is 1.29 bits per heavy atom. The number of carbonyl (C=O) groups excluding carboxylic acids is 1. The van der Waals surface area contributed by atoms with Crippen molar-refractivity contribution in [3.05, 3.63) is 29.8 Å². The fourth-order valence-corrected chi connectivity index (χ4v) is 5.08. The van der Waals surface area contributed by atoms with Crippen molar-refractivity contribution in [3.63, 3.8) is 0 Å². The zero-order valence-electron chi connectivity index (χ0n) is 13.5. The summed E-state index contributed by atoms with van der Waals surface area (Å²) in [5.74, 6) is 0.0652. The van der Waals surface area contributed by atoms with Gasteiger partial charge in [-0.1, -0.05) is 19.1 Å². The van der Waals surface area contributed by atoms with Gasteiger partial charge < -0.3 is 4.90 Å². The van der Waals surface area contributed by atoms with Gasteiger partial charge in [-0.3, -0.25) is 4.79 Å². The van der Waals surface area contributed by atoms with Crippen molar-refractivity contribution in [3.8, 4) is 0 Å². The molecule has 1 saturated heterocycles. The molecular formula is C15H22N2O5S2. The van der Waals surface area contributed by atoms with Crippen LogP contribution in [0.4, 0.5) is 0 Å². The lowest BCUT2D eigenvalue weighted by Crippen LogP contribution is -2.42. The van der Waals surface area contributed by atoms with Crippen LogP contribution < -0.4 is 5.14 Å². The highest BCUT2D eigenvalue weighted by molar-refractivity contribution is 7.91. The van der Waals surface area contributed by atoms with Crippen molar-refractivity contribution in [2.24, 2.45) is 5.14 Å². The van der Waals surface area contributed by atoms with Crippen LogP contribution in [0.25, 0.3) is 0 Å². The molecule has 2 rings (SSSR count). The zero-order valence-corrected chi connectivity index (χ0v) is 15.1. The molecule has 1 aromatic rings. The van der Waals surface area contributed by atoms with Crippen molar-refractivity contribution in [2.45, 2.75) is 37.1 Å². The summed E-state index contributed by atoms with van der Waals surface area (Å²) in [7, 11) is -6.79. The van der Waals surface area contributed by atoms with E-state index in [9.17, 15) is 21.6 Å². The maximum absolute atomic E-state index is 12.2. The lowest BCUT2D eigenvalue weighted by Gasteiger charge is -2.28. The minimum Gasteiger partial charge on any atom is -0.338 e. The van der Waals surface area contributed by atoms with Gasteiger partial charge in [0.1, 0.15) is 0 Å². The van der Waals surface area contributed by atoms with Gasteiger partial charge in [-0.2, -0.15) is 0 Å². The predicted molar refractivity (Wildman–Crippen MR) is 90.6 cm³/mol. The molecule has 1 unspecified atom stereocenters. The minimum absolute atomic E-state index is 0.0170. The van der Waals surface area contributed by atoms with Gasteiger partial charge in [0.2, 0.25) is 15.9 Å². The number of sulfone groups is 1. The monoisotopic (exact) mass is 374 g/mol. The maximum atomic E-state index is 12.2. The van der Waals surface area contributed by atoms with Crippen molar-refractivity contribution < 1.29 is 21.6 Å². The molecule has 0 radical (unpaired) electrons. The van der Waals surface area contributed by atoms with E-state index in [0.29, 0.717) is 25.8 Å².